The lowest BCUT2D eigenvalue weighted by Crippen LogP contribution is -2.15. The second kappa shape index (κ2) is 6.19. The lowest BCUT2D eigenvalue weighted by Gasteiger charge is -2.17. The van der Waals surface area contributed by atoms with Crippen molar-refractivity contribution in [3.8, 4) is 11.5 Å². The maximum atomic E-state index is 5.82. The van der Waals surface area contributed by atoms with Gasteiger partial charge in [0.05, 0.1) is 4.88 Å². The molecular weight excluding hydrogens is 280 g/mol. The van der Waals surface area contributed by atoms with Gasteiger partial charge in [-0.3, -0.25) is 0 Å². The molecule has 21 heavy (non-hydrogen) atoms. The normalized spacial score (nSPS) is 25.4. The molecule has 2 nitrogen and oxygen atoms in total. The lowest BCUT2D eigenvalue weighted by atomic mass is 10.1. The fourth-order valence-electron chi connectivity index (χ4n) is 2.38. The Morgan fingerprint density at radius 1 is 1.05 bits per heavy atom. The Kier molecular flexibility index (Phi) is 4.11. The first-order chi connectivity index (χ1) is 10.3. The van der Waals surface area contributed by atoms with Crippen molar-refractivity contribution in [2.24, 2.45) is 0 Å². The zero-order valence-corrected chi connectivity index (χ0v) is 13.1. The van der Waals surface area contributed by atoms with E-state index in [9.17, 15) is 0 Å². The number of hydrogen-bond donors (Lipinski definition) is 0. The second-order valence-electron chi connectivity index (χ2n) is 4.85. The summed E-state index contributed by atoms with van der Waals surface area (Å²) >= 11 is 1.73. The Morgan fingerprint density at radius 2 is 1.81 bits per heavy atom. The van der Waals surface area contributed by atoms with Gasteiger partial charge in [0.15, 0.2) is 11.5 Å². The van der Waals surface area contributed by atoms with E-state index in [0.29, 0.717) is 13.2 Å². The number of allylic oxidation sites excluding steroid dienone is 10. The Labute approximate surface area is 129 Å². The van der Waals surface area contributed by atoms with Crippen LogP contribution in [0.4, 0.5) is 0 Å². The average Bonchev–Trinajstić information content (AvgIpc) is 2.80. The number of fused-ring (bicyclic) bond motifs is 1. The SMILES string of the molecule is C/C=C/C1=C\C=C/C(c2sc(C)c3c2OCCO3)=C/C=C\1. The van der Waals surface area contributed by atoms with E-state index in [4.69, 9.17) is 9.47 Å². The van der Waals surface area contributed by atoms with Crippen LogP contribution in [-0.2, 0) is 0 Å². The highest BCUT2D eigenvalue weighted by Gasteiger charge is 2.23. The van der Waals surface area contributed by atoms with Crippen molar-refractivity contribution in [3.05, 3.63) is 63.9 Å². The smallest absolute Gasteiger partial charge is 0.180 e. The molecule has 1 aromatic rings. The summed E-state index contributed by atoms with van der Waals surface area (Å²) in [5, 5.41) is 0. The quantitative estimate of drug-likeness (QED) is 0.778. The topological polar surface area (TPSA) is 18.5 Å². The molecule has 1 aliphatic heterocycles. The molecule has 0 saturated heterocycles. The monoisotopic (exact) mass is 298 g/mol. The molecule has 0 spiro atoms. The Morgan fingerprint density at radius 3 is 2.62 bits per heavy atom. The van der Waals surface area contributed by atoms with Crippen molar-refractivity contribution in [1.82, 2.24) is 0 Å². The molecule has 0 atom stereocenters. The summed E-state index contributed by atoms with van der Waals surface area (Å²) in [6.07, 6.45) is 16.7. The highest BCUT2D eigenvalue weighted by Crippen LogP contribution is 2.47. The van der Waals surface area contributed by atoms with Gasteiger partial charge in [-0.25, -0.2) is 0 Å². The van der Waals surface area contributed by atoms with Crippen LogP contribution in [0.1, 0.15) is 16.7 Å². The minimum atomic E-state index is 0.619. The molecule has 0 saturated carbocycles. The summed E-state index contributed by atoms with van der Waals surface area (Å²) in [7, 11) is 0. The minimum Gasteiger partial charge on any atom is -0.485 e. The largest absolute Gasteiger partial charge is 0.485 e. The maximum absolute atomic E-state index is 5.82. The molecule has 108 valence electrons. The third kappa shape index (κ3) is 2.88. The number of ether oxygens (including phenoxy) is 2. The number of rotatable bonds is 2. The standard InChI is InChI=1S/C18H18O2S/c1-3-6-14-7-4-9-15(10-5-8-14)18-17-16(13(2)21-18)19-11-12-20-17/h3-10H,11-12H2,1-2H3/b6-3+,7-4-,8-5?,9-4?,10-5-,14-7?,14-8+,15-9-,15-10?. The molecule has 0 amide bonds. The van der Waals surface area contributed by atoms with E-state index in [1.165, 1.54) is 10.5 Å². The van der Waals surface area contributed by atoms with Gasteiger partial charge in [0.1, 0.15) is 13.2 Å². The van der Waals surface area contributed by atoms with Crippen molar-refractivity contribution < 1.29 is 9.47 Å². The first-order valence-corrected chi connectivity index (χ1v) is 7.90. The van der Waals surface area contributed by atoms with E-state index in [2.05, 4.69) is 49.5 Å². The molecule has 0 unspecified atom stereocenters. The second-order valence-corrected chi connectivity index (χ2v) is 6.07. The van der Waals surface area contributed by atoms with Crippen LogP contribution in [0.25, 0.3) is 5.57 Å². The average molecular weight is 298 g/mol. The molecule has 3 rings (SSSR count). The minimum absolute atomic E-state index is 0.619. The van der Waals surface area contributed by atoms with Gasteiger partial charge in [0.2, 0.25) is 0 Å². The zero-order chi connectivity index (χ0) is 14.7. The lowest BCUT2D eigenvalue weighted by molar-refractivity contribution is 0.172. The van der Waals surface area contributed by atoms with E-state index in [1.54, 1.807) is 11.3 Å². The van der Waals surface area contributed by atoms with Crippen LogP contribution in [-0.4, -0.2) is 13.2 Å². The zero-order valence-electron chi connectivity index (χ0n) is 12.3. The molecule has 0 fully saturated rings. The number of hydrogen-bond acceptors (Lipinski definition) is 3. The van der Waals surface area contributed by atoms with Crippen LogP contribution in [0, 0.1) is 6.92 Å². The summed E-state index contributed by atoms with van der Waals surface area (Å²) in [6.45, 7) is 5.36. The Hall–Kier alpha value is -2.00. The van der Waals surface area contributed by atoms with Gasteiger partial charge < -0.3 is 9.47 Å². The molecule has 0 bridgehead atoms. The Bertz CT molecular complexity index is 684. The maximum Gasteiger partial charge on any atom is 0.180 e. The van der Waals surface area contributed by atoms with Gasteiger partial charge in [-0.2, -0.15) is 0 Å². The fourth-order valence-corrected chi connectivity index (χ4v) is 3.43. The van der Waals surface area contributed by atoms with Crippen LogP contribution >= 0.6 is 11.3 Å². The molecule has 3 heteroatoms. The van der Waals surface area contributed by atoms with Crippen molar-refractivity contribution in [2.45, 2.75) is 13.8 Å². The number of aryl methyl sites for hydroxylation is 1. The van der Waals surface area contributed by atoms with Crippen LogP contribution in [0.5, 0.6) is 11.5 Å². The van der Waals surface area contributed by atoms with E-state index in [-0.39, 0.29) is 0 Å². The van der Waals surface area contributed by atoms with Crippen LogP contribution in [0.2, 0.25) is 0 Å². The third-order valence-corrected chi connectivity index (χ3v) is 4.43. The van der Waals surface area contributed by atoms with E-state index < -0.39 is 0 Å². The first kappa shape index (κ1) is 14.0. The van der Waals surface area contributed by atoms with Crippen molar-refractivity contribution in [3.63, 3.8) is 0 Å². The van der Waals surface area contributed by atoms with Gasteiger partial charge in [-0.15, -0.1) is 11.3 Å². The molecule has 0 N–H and O–H groups in total. The fraction of sp³-hybridized carbons (Fsp3) is 0.222. The first-order valence-electron chi connectivity index (χ1n) is 7.08. The van der Waals surface area contributed by atoms with E-state index in [1.807, 2.05) is 13.0 Å². The molecule has 2 heterocycles. The van der Waals surface area contributed by atoms with Crippen molar-refractivity contribution in [2.75, 3.05) is 13.2 Å². The molecule has 0 radical (unpaired) electrons. The summed E-state index contributed by atoms with van der Waals surface area (Å²) in [4.78, 5) is 2.32. The van der Waals surface area contributed by atoms with Gasteiger partial charge >= 0.3 is 0 Å². The molecule has 1 aliphatic carbocycles. The summed E-state index contributed by atoms with van der Waals surface area (Å²) < 4.78 is 11.5. The summed E-state index contributed by atoms with van der Waals surface area (Å²) in [6, 6.07) is 0. The number of thiophene rings is 1. The van der Waals surface area contributed by atoms with Gasteiger partial charge in [0.25, 0.3) is 0 Å². The van der Waals surface area contributed by atoms with Crippen LogP contribution in [0.3, 0.4) is 0 Å². The van der Waals surface area contributed by atoms with Gasteiger partial charge in [0, 0.05) is 4.88 Å². The summed E-state index contributed by atoms with van der Waals surface area (Å²) in [5.41, 5.74) is 2.34. The molecule has 0 aromatic carbocycles. The van der Waals surface area contributed by atoms with Crippen molar-refractivity contribution in [1.29, 1.82) is 0 Å². The molecular formula is C18H18O2S. The van der Waals surface area contributed by atoms with Crippen molar-refractivity contribution >= 4 is 16.9 Å². The van der Waals surface area contributed by atoms with E-state index >= 15 is 0 Å². The predicted molar refractivity (Wildman–Crippen MR) is 89.2 cm³/mol. The Balaban J connectivity index is 1.96. The molecule has 1 aromatic heterocycles. The van der Waals surface area contributed by atoms with E-state index in [0.717, 1.165) is 21.9 Å². The third-order valence-electron chi connectivity index (χ3n) is 3.31. The highest BCUT2D eigenvalue weighted by molar-refractivity contribution is 7.13. The highest BCUT2D eigenvalue weighted by atomic mass is 32.1. The van der Waals surface area contributed by atoms with Gasteiger partial charge in [-0.1, -0.05) is 48.6 Å². The predicted octanol–water partition coefficient (Wildman–Crippen LogP) is 4.84. The van der Waals surface area contributed by atoms with Crippen LogP contribution < -0.4 is 9.47 Å². The van der Waals surface area contributed by atoms with Gasteiger partial charge in [-0.05, 0) is 25.0 Å². The molecule has 2 aliphatic rings. The van der Waals surface area contributed by atoms with Crippen LogP contribution in [0.15, 0.2) is 54.2 Å². The summed E-state index contributed by atoms with van der Waals surface area (Å²) in [5.74, 6) is 1.80.